The topological polar surface area (TPSA) is 68.0 Å². The molecule has 4 heteroatoms. The molecule has 3 N–H and O–H groups in total. The van der Waals surface area contributed by atoms with Crippen molar-refractivity contribution in [2.24, 2.45) is 5.73 Å². The van der Waals surface area contributed by atoms with Gasteiger partial charge in [0.15, 0.2) is 0 Å². The average Bonchev–Trinajstić information content (AvgIpc) is 2.29. The normalized spacial score (nSPS) is 9.94. The number of hydrogen-bond acceptors (Lipinski definition) is 3. The number of carbonyl (C=O) groups is 1. The maximum atomic E-state index is 11.0. The molecule has 1 aromatic carbocycles. The molecule has 0 spiro atoms. The molecule has 0 unspecified atom stereocenters. The highest BCUT2D eigenvalue weighted by molar-refractivity contribution is 5.93. The van der Waals surface area contributed by atoms with Crippen molar-refractivity contribution < 1.29 is 4.79 Å². The number of primary amides is 1. The zero-order valence-corrected chi connectivity index (χ0v) is 9.47. The van der Waals surface area contributed by atoms with Gasteiger partial charge in [-0.25, -0.2) is 0 Å². The van der Waals surface area contributed by atoms with Crippen LogP contribution in [0.5, 0.6) is 0 Å². The van der Waals surface area contributed by atoms with Crippen LogP contribution < -0.4 is 11.1 Å². The molecular formula is C13H13N3O. The number of pyridine rings is 1. The van der Waals surface area contributed by atoms with Crippen molar-refractivity contribution in [3.63, 3.8) is 0 Å². The molecule has 0 bridgehead atoms. The molecule has 2 rings (SSSR count). The van der Waals surface area contributed by atoms with Gasteiger partial charge in [-0.15, -0.1) is 0 Å². The van der Waals surface area contributed by atoms with E-state index in [1.165, 1.54) is 0 Å². The van der Waals surface area contributed by atoms with Crippen LogP contribution in [0.2, 0.25) is 0 Å². The fourth-order valence-electron chi connectivity index (χ4n) is 1.54. The summed E-state index contributed by atoms with van der Waals surface area (Å²) in [6.45, 7) is 1.97. The first-order chi connectivity index (χ1) is 8.15. The number of aromatic nitrogens is 1. The summed E-state index contributed by atoms with van der Waals surface area (Å²) < 4.78 is 0. The molecule has 0 fully saturated rings. The van der Waals surface area contributed by atoms with Crippen LogP contribution in [0.4, 0.5) is 11.4 Å². The minimum atomic E-state index is -0.434. The molecule has 2 aromatic rings. The van der Waals surface area contributed by atoms with Crippen molar-refractivity contribution in [2.45, 2.75) is 6.92 Å². The fourth-order valence-corrected chi connectivity index (χ4v) is 1.54. The molecule has 0 aliphatic heterocycles. The molecule has 17 heavy (non-hydrogen) atoms. The average molecular weight is 227 g/mol. The van der Waals surface area contributed by atoms with Crippen LogP contribution in [0.1, 0.15) is 15.9 Å². The molecule has 0 aliphatic rings. The molecule has 0 saturated carbocycles. The molecule has 0 aliphatic carbocycles. The van der Waals surface area contributed by atoms with Crippen molar-refractivity contribution in [1.82, 2.24) is 4.98 Å². The van der Waals surface area contributed by atoms with E-state index in [-0.39, 0.29) is 0 Å². The third kappa shape index (κ3) is 2.81. The number of amides is 1. The van der Waals surface area contributed by atoms with Crippen molar-refractivity contribution in [2.75, 3.05) is 5.32 Å². The lowest BCUT2D eigenvalue weighted by molar-refractivity contribution is 0.100. The minimum Gasteiger partial charge on any atom is -0.366 e. The lowest BCUT2D eigenvalue weighted by Crippen LogP contribution is -2.10. The third-order valence-corrected chi connectivity index (χ3v) is 2.31. The van der Waals surface area contributed by atoms with Gasteiger partial charge in [0.1, 0.15) is 0 Å². The number of hydrogen-bond donors (Lipinski definition) is 2. The predicted molar refractivity (Wildman–Crippen MR) is 67.2 cm³/mol. The van der Waals surface area contributed by atoms with Crippen LogP contribution in [-0.2, 0) is 0 Å². The van der Waals surface area contributed by atoms with Crippen molar-refractivity contribution in [3.8, 4) is 0 Å². The highest BCUT2D eigenvalue weighted by Gasteiger charge is 2.01. The number of benzene rings is 1. The fraction of sp³-hybridized carbons (Fsp3) is 0.0769. The van der Waals surface area contributed by atoms with Gasteiger partial charge in [0.25, 0.3) is 0 Å². The minimum absolute atomic E-state index is 0.434. The van der Waals surface area contributed by atoms with E-state index in [0.29, 0.717) is 5.56 Å². The van der Waals surface area contributed by atoms with Crippen LogP contribution in [0.15, 0.2) is 42.7 Å². The Morgan fingerprint density at radius 2 is 2.06 bits per heavy atom. The van der Waals surface area contributed by atoms with E-state index in [1.807, 2.05) is 19.1 Å². The first-order valence-corrected chi connectivity index (χ1v) is 5.24. The van der Waals surface area contributed by atoms with Crippen molar-refractivity contribution in [3.05, 3.63) is 53.9 Å². The number of aryl methyl sites for hydroxylation is 1. The van der Waals surface area contributed by atoms with Gasteiger partial charge < -0.3 is 11.1 Å². The van der Waals surface area contributed by atoms with E-state index in [9.17, 15) is 4.79 Å². The SMILES string of the molecule is Cc1cncc(Nc2cccc(C(N)=O)c2)c1. The first-order valence-electron chi connectivity index (χ1n) is 5.24. The highest BCUT2D eigenvalue weighted by atomic mass is 16.1. The maximum Gasteiger partial charge on any atom is 0.248 e. The Morgan fingerprint density at radius 1 is 1.24 bits per heavy atom. The summed E-state index contributed by atoms with van der Waals surface area (Å²) in [4.78, 5) is 15.1. The van der Waals surface area contributed by atoms with E-state index in [1.54, 1.807) is 30.6 Å². The second-order valence-corrected chi connectivity index (χ2v) is 3.82. The standard InChI is InChI=1S/C13H13N3O/c1-9-5-12(8-15-7-9)16-11-4-2-3-10(6-11)13(14)17/h2-8,16H,1H3,(H2,14,17). The molecule has 4 nitrogen and oxygen atoms in total. The smallest absolute Gasteiger partial charge is 0.248 e. The molecular weight excluding hydrogens is 214 g/mol. The highest BCUT2D eigenvalue weighted by Crippen LogP contribution is 2.17. The lowest BCUT2D eigenvalue weighted by atomic mass is 10.2. The molecule has 1 heterocycles. The summed E-state index contributed by atoms with van der Waals surface area (Å²) in [6.07, 6.45) is 3.51. The molecule has 0 saturated heterocycles. The van der Waals surface area contributed by atoms with Gasteiger partial charge in [-0.1, -0.05) is 6.07 Å². The second kappa shape index (κ2) is 4.65. The van der Waals surface area contributed by atoms with Crippen LogP contribution in [0.3, 0.4) is 0 Å². The summed E-state index contributed by atoms with van der Waals surface area (Å²) in [5.41, 5.74) is 8.47. The van der Waals surface area contributed by atoms with Crippen molar-refractivity contribution >= 4 is 17.3 Å². The Labute approximate surface area is 99.5 Å². The van der Waals surface area contributed by atoms with Gasteiger partial charge in [-0.3, -0.25) is 9.78 Å². The van der Waals surface area contributed by atoms with Gasteiger partial charge >= 0.3 is 0 Å². The van der Waals surface area contributed by atoms with Gasteiger partial charge in [0.05, 0.1) is 11.9 Å². The van der Waals surface area contributed by atoms with Crippen LogP contribution in [0, 0.1) is 6.92 Å². The van der Waals surface area contributed by atoms with Crippen LogP contribution in [-0.4, -0.2) is 10.9 Å². The predicted octanol–water partition coefficient (Wildman–Crippen LogP) is 2.23. The number of nitrogens with zero attached hydrogens (tertiary/aromatic N) is 1. The van der Waals surface area contributed by atoms with E-state index < -0.39 is 5.91 Å². The van der Waals surface area contributed by atoms with E-state index in [4.69, 9.17) is 5.73 Å². The summed E-state index contributed by atoms with van der Waals surface area (Å²) in [6, 6.07) is 9.02. The lowest BCUT2D eigenvalue weighted by Gasteiger charge is -2.07. The first kappa shape index (κ1) is 11.1. The van der Waals surface area contributed by atoms with Gasteiger partial charge in [0.2, 0.25) is 5.91 Å². The molecule has 0 radical (unpaired) electrons. The molecule has 0 atom stereocenters. The van der Waals surface area contributed by atoms with E-state index >= 15 is 0 Å². The van der Waals surface area contributed by atoms with Gasteiger partial charge in [0, 0.05) is 17.4 Å². The summed E-state index contributed by atoms with van der Waals surface area (Å²) in [7, 11) is 0. The Hall–Kier alpha value is -2.36. The van der Waals surface area contributed by atoms with Gasteiger partial charge in [-0.2, -0.15) is 0 Å². The summed E-state index contributed by atoms with van der Waals surface area (Å²) in [5, 5.41) is 3.17. The molecule has 1 aromatic heterocycles. The maximum absolute atomic E-state index is 11.0. The van der Waals surface area contributed by atoms with E-state index in [0.717, 1.165) is 16.9 Å². The van der Waals surface area contributed by atoms with E-state index in [2.05, 4.69) is 10.3 Å². The monoisotopic (exact) mass is 227 g/mol. The largest absolute Gasteiger partial charge is 0.366 e. The Morgan fingerprint density at radius 3 is 2.76 bits per heavy atom. The van der Waals surface area contributed by atoms with Crippen LogP contribution in [0.25, 0.3) is 0 Å². The van der Waals surface area contributed by atoms with Crippen LogP contribution >= 0.6 is 0 Å². The number of nitrogens with two attached hydrogens (primary N) is 1. The Kier molecular flexibility index (Phi) is 3.05. The number of rotatable bonds is 3. The summed E-state index contributed by atoms with van der Waals surface area (Å²) in [5.74, 6) is -0.434. The number of nitrogens with one attached hydrogen (secondary N) is 1. The second-order valence-electron chi connectivity index (χ2n) is 3.82. The zero-order valence-electron chi connectivity index (χ0n) is 9.47. The Balaban J connectivity index is 2.24. The van der Waals surface area contributed by atoms with Crippen molar-refractivity contribution in [1.29, 1.82) is 0 Å². The number of carbonyl (C=O) groups excluding carboxylic acids is 1. The zero-order chi connectivity index (χ0) is 12.3. The summed E-state index contributed by atoms with van der Waals surface area (Å²) >= 11 is 0. The number of anilines is 2. The molecule has 1 amide bonds. The van der Waals surface area contributed by atoms with Gasteiger partial charge in [-0.05, 0) is 36.8 Å². The molecule has 86 valence electrons. The Bertz CT molecular complexity index is 552. The quantitative estimate of drug-likeness (QED) is 0.844. The third-order valence-electron chi connectivity index (χ3n) is 2.31.